The molecule has 0 radical (unpaired) electrons. The maximum absolute atomic E-state index is 13.1. The van der Waals surface area contributed by atoms with Gasteiger partial charge in [0.15, 0.2) is 12.9 Å². The van der Waals surface area contributed by atoms with Crippen LogP contribution >= 0.6 is 0 Å². The molecule has 3 rings (SSSR count). The zero-order valence-corrected chi connectivity index (χ0v) is 17.5. The molecule has 0 aliphatic carbocycles. The summed E-state index contributed by atoms with van der Waals surface area (Å²) in [5.74, 6) is 0.507. The number of nitrogens with zero attached hydrogens (tertiary/aromatic N) is 2. The summed E-state index contributed by atoms with van der Waals surface area (Å²) in [5, 5.41) is 0. The number of hydrogen-bond acceptors (Lipinski definition) is 5. The first kappa shape index (κ1) is 21.8. The highest BCUT2D eigenvalue weighted by Gasteiger charge is 2.32. The molecule has 2 atom stereocenters. The third-order valence-corrected chi connectivity index (χ3v) is 5.43. The Kier molecular flexibility index (Phi) is 7.05. The summed E-state index contributed by atoms with van der Waals surface area (Å²) >= 11 is 0. The molecule has 1 fully saturated rings. The maximum atomic E-state index is 13.1. The Hall–Kier alpha value is -2.93. The van der Waals surface area contributed by atoms with E-state index < -0.39 is 0 Å². The first-order chi connectivity index (χ1) is 14.4. The third-order valence-electron chi connectivity index (χ3n) is 5.43. The molecular weight excluding hydrogens is 387 g/mol. The van der Waals surface area contributed by atoms with E-state index in [2.05, 4.69) is 11.8 Å². The highest BCUT2D eigenvalue weighted by Crippen LogP contribution is 2.24. The van der Waals surface area contributed by atoms with Gasteiger partial charge in [0.25, 0.3) is 5.91 Å². The number of halogens is 1. The first-order valence-corrected chi connectivity index (χ1v) is 9.95. The Morgan fingerprint density at radius 2 is 1.87 bits per heavy atom. The average Bonchev–Trinajstić information content (AvgIpc) is 2.75. The number of amides is 1. The zero-order valence-electron chi connectivity index (χ0n) is 17.5. The largest absolute Gasteiger partial charge is 0.497 e. The van der Waals surface area contributed by atoms with E-state index in [1.165, 1.54) is 19.2 Å². The minimum Gasteiger partial charge on any atom is -0.497 e. The van der Waals surface area contributed by atoms with E-state index >= 15 is 0 Å². The Bertz CT molecular complexity index is 887. The van der Waals surface area contributed by atoms with Crippen LogP contribution in [-0.4, -0.2) is 60.9 Å². The van der Waals surface area contributed by atoms with Crippen molar-refractivity contribution in [3.63, 3.8) is 0 Å². The van der Waals surface area contributed by atoms with Gasteiger partial charge in [-0.15, -0.1) is 0 Å². The first-order valence-electron chi connectivity index (χ1n) is 9.95. The van der Waals surface area contributed by atoms with E-state index in [0.29, 0.717) is 43.0 Å². The van der Waals surface area contributed by atoms with Crippen molar-refractivity contribution in [1.29, 1.82) is 0 Å². The second kappa shape index (κ2) is 9.71. The van der Waals surface area contributed by atoms with Crippen LogP contribution in [0.4, 0.5) is 4.39 Å². The summed E-state index contributed by atoms with van der Waals surface area (Å²) in [7, 11) is 1.53. The standard InChI is InChI=1S/C23H27FN2O4/c1-16-12-26(17(2)11-25(16)13-18-4-7-20(24)8-5-18)23(28)15-30-22-10-21(29-3)9-6-19(22)14-27/h4-10,14,16-17H,11-13,15H2,1-3H3/t16-,17+/m1/s1. The molecule has 0 spiro atoms. The summed E-state index contributed by atoms with van der Waals surface area (Å²) in [5.41, 5.74) is 1.41. The summed E-state index contributed by atoms with van der Waals surface area (Å²) in [6.07, 6.45) is 0.693. The molecule has 2 aromatic rings. The highest BCUT2D eigenvalue weighted by molar-refractivity contribution is 5.81. The summed E-state index contributed by atoms with van der Waals surface area (Å²) in [6.45, 7) is 5.92. The zero-order chi connectivity index (χ0) is 21.7. The maximum Gasteiger partial charge on any atom is 0.260 e. The lowest BCUT2D eigenvalue weighted by Crippen LogP contribution is -2.58. The van der Waals surface area contributed by atoms with Gasteiger partial charge in [-0.25, -0.2) is 4.39 Å². The monoisotopic (exact) mass is 414 g/mol. The average molecular weight is 414 g/mol. The minimum absolute atomic E-state index is 0.00796. The van der Waals surface area contributed by atoms with Crippen molar-refractivity contribution in [2.24, 2.45) is 0 Å². The van der Waals surface area contributed by atoms with Gasteiger partial charge in [-0.2, -0.15) is 0 Å². The summed E-state index contributed by atoms with van der Waals surface area (Å²) < 4.78 is 23.9. The molecule has 1 saturated heterocycles. The molecule has 6 nitrogen and oxygen atoms in total. The number of rotatable bonds is 7. The Morgan fingerprint density at radius 1 is 1.13 bits per heavy atom. The van der Waals surface area contributed by atoms with Crippen molar-refractivity contribution in [2.45, 2.75) is 32.5 Å². The quantitative estimate of drug-likeness (QED) is 0.652. The van der Waals surface area contributed by atoms with Crippen LogP contribution in [0.5, 0.6) is 11.5 Å². The fourth-order valence-corrected chi connectivity index (χ4v) is 3.68. The Labute approximate surface area is 176 Å². The van der Waals surface area contributed by atoms with Gasteiger partial charge in [0.05, 0.1) is 12.7 Å². The van der Waals surface area contributed by atoms with Crippen LogP contribution < -0.4 is 9.47 Å². The fourth-order valence-electron chi connectivity index (χ4n) is 3.68. The van der Waals surface area contributed by atoms with Gasteiger partial charge < -0.3 is 14.4 Å². The molecule has 1 amide bonds. The number of carbonyl (C=O) groups excluding carboxylic acids is 2. The van der Waals surface area contributed by atoms with Crippen LogP contribution in [0, 0.1) is 5.82 Å². The van der Waals surface area contributed by atoms with Crippen LogP contribution in [0.25, 0.3) is 0 Å². The number of methoxy groups -OCH3 is 1. The van der Waals surface area contributed by atoms with Crippen molar-refractivity contribution in [2.75, 3.05) is 26.8 Å². The van der Waals surface area contributed by atoms with E-state index in [1.54, 1.807) is 30.3 Å². The van der Waals surface area contributed by atoms with Crippen molar-refractivity contribution >= 4 is 12.2 Å². The number of hydrogen-bond donors (Lipinski definition) is 0. The van der Waals surface area contributed by atoms with Crippen molar-refractivity contribution in [1.82, 2.24) is 9.80 Å². The number of piperazine rings is 1. The van der Waals surface area contributed by atoms with E-state index in [4.69, 9.17) is 9.47 Å². The lowest BCUT2D eigenvalue weighted by atomic mass is 10.1. The van der Waals surface area contributed by atoms with Crippen LogP contribution in [0.2, 0.25) is 0 Å². The number of aldehydes is 1. The molecule has 1 heterocycles. The van der Waals surface area contributed by atoms with Crippen molar-refractivity contribution in [3.8, 4) is 11.5 Å². The SMILES string of the molecule is COc1ccc(C=O)c(OCC(=O)N2C[C@@H](C)N(Cc3ccc(F)cc3)C[C@@H]2C)c1. The molecule has 0 N–H and O–H groups in total. The topological polar surface area (TPSA) is 59.1 Å². The third kappa shape index (κ3) is 5.16. The summed E-state index contributed by atoms with van der Waals surface area (Å²) in [4.78, 5) is 28.1. The number of benzene rings is 2. The van der Waals surface area contributed by atoms with E-state index in [0.717, 1.165) is 5.56 Å². The number of ether oxygens (including phenoxy) is 2. The second-order valence-corrected chi connectivity index (χ2v) is 7.61. The molecule has 1 aliphatic heterocycles. The van der Waals surface area contributed by atoms with Crippen LogP contribution in [0.1, 0.15) is 29.8 Å². The molecule has 0 aromatic heterocycles. The molecule has 0 saturated carbocycles. The Morgan fingerprint density at radius 3 is 2.53 bits per heavy atom. The van der Waals surface area contributed by atoms with Gasteiger partial charge in [-0.1, -0.05) is 12.1 Å². The van der Waals surface area contributed by atoms with Gasteiger partial charge in [-0.05, 0) is 43.7 Å². The van der Waals surface area contributed by atoms with Crippen molar-refractivity contribution in [3.05, 3.63) is 59.4 Å². The van der Waals surface area contributed by atoms with Gasteiger partial charge in [0.2, 0.25) is 0 Å². The Balaban J connectivity index is 1.60. The number of carbonyl (C=O) groups is 2. The van der Waals surface area contributed by atoms with Gasteiger partial charge in [0.1, 0.15) is 17.3 Å². The van der Waals surface area contributed by atoms with E-state index in [1.807, 2.05) is 11.8 Å². The lowest BCUT2D eigenvalue weighted by molar-refractivity contribution is -0.139. The fraction of sp³-hybridized carbons (Fsp3) is 0.391. The molecule has 0 bridgehead atoms. The lowest BCUT2D eigenvalue weighted by Gasteiger charge is -2.44. The minimum atomic E-state index is -0.246. The molecule has 2 aromatic carbocycles. The van der Waals surface area contributed by atoms with Crippen molar-refractivity contribution < 1.29 is 23.5 Å². The molecule has 160 valence electrons. The molecule has 7 heteroatoms. The smallest absolute Gasteiger partial charge is 0.260 e. The van der Waals surface area contributed by atoms with Crippen LogP contribution in [0.15, 0.2) is 42.5 Å². The van der Waals surface area contributed by atoms with Gasteiger partial charge >= 0.3 is 0 Å². The molecular formula is C23H27FN2O4. The highest BCUT2D eigenvalue weighted by atomic mass is 19.1. The predicted molar refractivity (Wildman–Crippen MR) is 111 cm³/mol. The van der Waals surface area contributed by atoms with Gasteiger partial charge in [0, 0.05) is 37.8 Å². The van der Waals surface area contributed by atoms with E-state index in [-0.39, 0.29) is 30.4 Å². The van der Waals surface area contributed by atoms with Crippen LogP contribution in [-0.2, 0) is 11.3 Å². The normalized spacial score (nSPS) is 19.4. The van der Waals surface area contributed by atoms with Crippen LogP contribution in [0.3, 0.4) is 0 Å². The van der Waals surface area contributed by atoms with Gasteiger partial charge in [-0.3, -0.25) is 14.5 Å². The van der Waals surface area contributed by atoms with E-state index in [9.17, 15) is 14.0 Å². The molecule has 1 aliphatic rings. The summed E-state index contributed by atoms with van der Waals surface area (Å²) in [6, 6.07) is 11.5. The predicted octanol–water partition coefficient (Wildman–Crippen LogP) is 3.15. The second-order valence-electron chi connectivity index (χ2n) is 7.61. The molecule has 0 unspecified atom stereocenters. The molecule has 30 heavy (non-hydrogen) atoms.